The van der Waals surface area contributed by atoms with E-state index in [4.69, 9.17) is 9.26 Å². The Morgan fingerprint density at radius 3 is 2.39 bits per heavy atom. The van der Waals surface area contributed by atoms with Gasteiger partial charge in [-0.1, -0.05) is 17.3 Å². The van der Waals surface area contributed by atoms with Crippen molar-refractivity contribution in [1.29, 1.82) is 0 Å². The fourth-order valence-electron chi connectivity index (χ4n) is 4.86. The molecule has 2 bridgehead atoms. The second-order valence-electron chi connectivity index (χ2n) is 8.51. The average Bonchev–Trinajstić information content (AvgIpc) is 3.57. The molecule has 11 heteroatoms. The number of thiophene rings is 2. The molecule has 3 aromatic heterocycles. The summed E-state index contributed by atoms with van der Waals surface area (Å²) in [6.07, 6.45) is 2.83. The molecule has 6 heterocycles. The summed E-state index contributed by atoms with van der Waals surface area (Å²) in [5, 5.41) is 21.7. The van der Waals surface area contributed by atoms with Gasteiger partial charge in [0, 0.05) is 24.8 Å². The van der Waals surface area contributed by atoms with Crippen LogP contribution in [-0.4, -0.2) is 58.9 Å². The van der Waals surface area contributed by atoms with Crippen LogP contribution in [0.2, 0.25) is 0 Å². The van der Waals surface area contributed by atoms with Crippen molar-refractivity contribution in [2.24, 2.45) is 5.92 Å². The molecule has 1 amide bonds. The molecule has 0 radical (unpaired) electrons. The van der Waals surface area contributed by atoms with Gasteiger partial charge in [0.1, 0.15) is 12.8 Å². The standard InChI is InChI=1S/C22H23N3O5S2.BrH/c26-20(23-19-7-10-29-24-19)14-25-8-5-15(6-9-25)16(13-25)30-21(27)22(28,17-3-1-11-31-17)18-4-2-12-32-18;/h1-4,7,10-12,15-16,28H,5-6,8-9,13-14H2;1H/t15?,16-,25?;/m0./s1. The number of ether oxygens (including phenoxy) is 1. The van der Waals surface area contributed by atoms with Crippen LogP contribution in [0.5, 0.6) is 0 Å². The molecule has 0 unspecified atom stereocenters. The molecule has 1 atom stereocenters. The van der Waals surface area contributed by atoms with Crippen LogP contribution >= 0.6 is 22.7 Å². The van der Waals surface area contributed by atoms with Crippen LogP contribution in [-0.2, 0) is 19.9 Å². The van der Waals surface area contributed by atoms with Crippen LogP contribution in [0, 0.1) is 5.92 Å². The van der Waals surface area contributed by atoms with Gasteiger partial charge in [0.25, 0.3) is 5.91 Å². The van der Waals surface area contributed by atoms with Gasteiger partial charge in [-0.15, -0.1) is 22.7 Å². The monoisotopic (exact) mass is 553 g/mol. The number of anilines is 1. The van der Waals surface area contributed by atoms with Crippen molar-refractivity contribution in [3.05, 3.63) is 57.1 Å². The number of nitrogens with zero attached hydrogens (tertiary/aromatic N) is 2. The number of aromatic nitrogens is 1. The lowest BCUT2D eigenvalue weighted by Gasteiger charge is -2.51. The van der Waals surface area contributed by atoms with Crippen LogP contribution in [0.3, 0.4) is 0 Å². The van der Waals surface area contributed by atoms with E-state index >= 15 is 0 Å². The van der Waals surface area contributed by atoms with Crippen molar-refractivity contribution in [2.45, 2.75) is 24.5 Å². The molecule has 176 valence electrons. The van der Waals surface area contributed by atoms with Gasteiger partial charge in [-0.05, 0) is 22.9 Å². The zero-order valence-electron chi connectivity index (χ0n) is 17.7. The number of carbonyl (C=O) groups is 2. The highest BCUT2D eigenvalue weighted by Gasteiger charge is 2.51. The summed E-state index contributed by atoms with van der Waals surface area (Å²) >= 11 is 2.66. The van der Waals surface area contributed by atoms with E-state index in [0.29, 0.717) is 26.6 Å². The second-order valence-corrected chi connectivity index (χ2v) is 10.4. The minimum absolute atomic E-state index is 0. The van der Waals surface area contributed by atoms with E-state index in [0.717, 1.165) is 25.9 Å². The average molecular weight is 554 g/mol. The van der Waals surface area contributed by atoms with Crippen molar-refractivity contribution in [1.82, 2.24) is 5.16 Å². The number of hydrogen-bond donors (Lipinski definition) is 2. The Labute approximate surface area is 209 Å². The summed E-state index contributed by atoms with van der Waals surface area (Å²) in [7, 11) is 0. The van der Waals surface area contributed by atoms with E-state index in [9.17, 15) is 14.7 Å². The molecule has 0 aromatic carbocycles. The number of halogens is 1. The molecule has 0 spiro atoms. The van der Waals surface area contributed by atoms with Gasteiger partial charge in [0.05, 0.1) is 22.8 Å². The molecule has 6 rings (SSSR count). The van der Waals surface area contributed by atoms with E-state index in [1.807, 2.05) is 22.9 Å². The van der Waals surface area contributed by atoms with E-state index in [-0.39, 0.29) is 41.5 Å². The Balaban J connectivity index is 0.00000259. The van der Waals surface area contributed by atoms with E-state index in [1.165, 1.54) is 28.9 Å². The van der Waals surface area contributed by atoms with Gasteiger partial charge in [0.15, 0.2) is 18.5 Å². The zero-order valence-corrected chi connectivity index (χ0v) is 20.9. The number of fused-ring (bicyclic) bond motifs is 3. The maximum Gasteiger partial charge on any atom is 0.349 e. The van der Waals surface area contributed by atoms with Crippen molar-refractivity contribution in [3.63, 3.8) is 0 Å². The topological polar surface area (TPSA) is 102 Å². The largest absolute Gasteiger partial charge is 1.00 e. The number of rotatable bonds is 7. The lowest BCUT2D eigenvalue weighted by atomic mass is 9.83. The quantitative estimate of drug-likeness (QED) is 0.311. The molecule has 8 nitrogen and oxygen atoms in total. The highest BCUT2D eigenvalue weighted by molar-refractivity contribution is 7.12. The van der Waals surface area contributed by atoms with Crippen LogP contribution in [0.25, 0.3) is 0 Å². The Morgan fingerprint density at radius 2 is 1.85 bits per heavy atom. The third kappa shape index (κ3) is 4.65. The molecular weight excluding hydrogens is 530 g/mol. The lowest BCUT2D eigenvalue weighted by Crippen LogP contribution is -3.00. The number of nitrogens with one attached hydrogen (secondary N) is 1. The highest BCUT2D eigenvalue weighted by atomic mass is 79.9. The van der Waals surface area contributed by atoms with Gasteiger partial charge in [-0.3, -0.25) is 4.79 Å². The molecule has 3 aromatic rings. The van der Waals surface area contributed by atoms with Gasteiger partial charge >= 0.3 is 5.97 Å². The third-order valence-corrected chi connectivity index (χ3v) is 8.49. The van der Waals surface area contributed by atoms with Gasteiger partial charge < -0.3 is 41.1 Å². The Kier molecular flexibility index (Phi) is 7.06. The van der Waals surface area contributed by atoms with E-state index in [1.54, 1.807) is 18.2 Å². The number of amides is 1. The van der Waals surface area contributed by atoms with Crippen molar-refractivity contribution in [3.8, 4) is 0 Å². The molecule has 3 aliphatic rings. The van der Waals surface area contributed by atoms with E-state index in [2.05, 4.69) is 10.5 Å². The summed E-state index contributed by atoms with van der Waals surface area (Å²) in [6, 6.07) is 8.73. The number of quaternary nitrogens is 1. The number of esters is 1. The van der Waals surface area contributed by atoms with Crippen LogP contribution < -0.4 is 22.3 Å². The number of carbonyl (C=O) groups excluding carboxylic acids is 2. The minimum atomic E-state index is -1.82. The molecule has 2 N–H and O–H groups in total. The fraction of sp³-hybridized carbons (Fsp3) is 0.409. The molecule has 3 fully saturated rings. The second kappa shape index (κ2) is 9.67. The van der Waals surface area contributed by atoms with E-state index < -0.39 is 11.6 Å². The van der Waals surface area contributed by atoms with Crippen molar-refractivity contribution >= 4 is 40.4 Å². The normalized spacial score (nSPS) is 24.2. The maximum atomic E-state index is 13.4. The molecular formula is C22H24BrN3O5S2. The molecule has 3 aliphatic heterocycles. The summed E-state index contributed by atoms with van der Waals surface area (Å²) in [5.74, 6) is -0.155. The predicted molar refractivity (Wildman–Crippen MR) is 119 cm³/mol. The van der Waals surface area contributed by atoms with Crippen LogP contribution in [0.1, 0.15) is 22.6 Å². The van der Waals surface area contributed by atoms with Gasteiger partial charge in [-0.25, -0.2) is 4.79 Å². The Morgan fingerprint density at radius 1 is 1.18 bits per heavy atom. The summed E-state index contributed by atoms with van der Waals surface area (Å²) in [4.78, 5) is 27.1. The first-order valence-electron chi connectivity index (χ1n) is 10.6. The summed E-state index contributed by atoms with van der Waals surface area (Å²) < 4.78 is 11.3. The molecule has 0 saturated carbocycles. The van der Waals surface area contributed by atoms with Gasteiger partial charge in [0.2, 0.25) is 5.60 Å². The first-order valence-corrected chi connectivity index (χ1v) is 12.3. The minimum Gasteiger partial charge on any atom is -1.00 e. The third-order valence-electron chi connectivity index (χ3n) is 6.54. The zero-order chi connectivity index (χ0) is 22.2. The maximum absolute atomic E-state index is 13.4. The molecule has 0 aliphatic carbocycles. The molecule has 33 heavy (non-hydrogen) atoms. The number of hydrogen-bond acceptors (Lipinski definition) is 8. The molecule has 3 saturated heterocycles. The first kappa shape index (κ1) is 24.1. The fourth-order valence-corrected chi connectivity index (χ4v) is 6.57. The Hall–Kier alpha value is -2.05. The summed E-state index contributed by atoms with van der Waals surface area (Å²) in [5.41, 5.74) is -1.82. The van der Waals surface area contributed by atoms with Crippen LogP contribution in [0.4, 0.5) is 5.82 Å². The van der Waals surface area contributed by atoms with Crippen molar-refractivity contribution in [2.75, 3.05) is 31.5 Å². The van der Waals surface area contributed by atoms with Crippen molar-refractivity contribution < 1.29 is 45.4 Å². The first-order chi connectivity index (χ1) is 15.5. The summed E-state index contributed by atoms with van der Waals surface area (Å²) in [6.45, 7) is 2.58. The van der Waals surface area contributed by atoms with Gasteiger partial charge in [-0.2, -0.15) is 0 Å². The smallest absolute Gasteiger partial charge is 0.349 e. The van der Waals surface area contributed by atoms with Crippen LogP contribution in [0.15, 0.2) is 51.9 Å². The predicted octanol–water partition coefficient (Wildman–Crippen LogP) is -0.172. The SMILES string of the molecule is O=C(C[N+]12CCC(CC1)[C@@H](OC(=O)C(O)(c1cccs1)c1cccs1)C2)Nc1ccon1.[Br-]. The number of piperidine rings is 3. The lowest BCUT2D eigenvalue weighted by molar-refractivity contribution is -0.939. The Bertz CT molecular complexity index is 1030. The number of aliphatic hydroxyl groups is 1. The highest BCUT2D eigenvalue weighted by Crippen LogP contribution is 2.40.